The first-order valence-corrected chi connectivity index (χ1v) is 42.8. The minimum absolute atomic E-state index is 0. The Morgan fingerprint density at radius 2 is 0.565 bits per heavy atom. The third-order valence-corrected chi connectivity index (χ3v) is 64.2. The first-order valence-electron chi connectivity index (χ1n) is 17.4. The second-order valence-corrected chi connectivity index (χ2v) is 71.7. The predicted octanol–water partition coefficient (Wildman–Crippen LogP) is 6.22. The van der Waals surface area contributed by atoms with Gasteiger partial charge in [-0.3, -0.25) is 0 Å². The van der Waals surface area contributed by atoms with Gasteiger partial charge in [0.05, 0.1) is 0 Å². The van der Waals surface area contributed by atoms with Crippen LogP contribution in [-0.2, 0) is 41.2 Å². The summed E-state index contributed by atoms with van der Waals surface area (Å²) in [5, 5.41) is 0. The van der Waals surface area contributed by atoms with Crippen molar-refractivity contribution in [2.75, 3.05) is 0 Å². The predicted molar refractivity (Wildman–Crippen MR) is 199 cm³/mol. The molecule has 0 amide bonds. The third-order valence-electron chi connectivity index (χ3n) is 9.41. The van der Waals surface area contributed by atoms with Gasteiger partial charge >= 0.3 is 294 Å². The van der Waals surface area contributed by atoms with Crippen molar-refractivity contribution in [3.05, 3.63) is 84.2 Å². The van der Waals surface area contributed by atoms with Gasteiger partial charge < -0.3 is 24.8 Å². The molecule has 4 aliphatic carbocycles. The van der Waals surface area contributed by atoms with E-state index in [0.717, 1.165) is 0 Å². The Kier molecular flexibility index (Phi) is 16.8. The van der Waals surface area contributed by atoms with Gasteiger partial charge in [0.25, 0.3) is 0 Å². The van der Waals surface area contributed by atoms with Gasteiger partial charge in [0.2, 0.25) is 0 Å². The van der Waals surface area contributed by atoms with Crippen molar-refractivity contribution in [2.45, 2.75) is 135 Å². The van der Waals surface area contributed by atoms with Gasteiger partial charge in [-0.1, -0.05) is 0 Å². The van der Waals surface area contributed by atoms with Gasteiger partial charge in [-0.15, -0.1) is 0 Å². The fraction of sp³-hybridized carbons (Fsp3) is 0.600. The van der Waals surface area contributed by atoms with Crippen LogP contribution < -0.4 is 24.8 Å². The smallest absolute Gasteiger partial charge is 1.00 e. The molecular weight excluding hydrogens is 964 g/mol. The van der Waals surface area contributed by atoms with Crippen molar-refractivity contribution >= 4 is 12.0 Å². The fourth-order valence-electron chi connectivity index (χ4n) is 7.61. The molecule has 0 aromatic heterocycles. The molecule has 0 saturated carbocycles. The van der Waals surface area contributed by atoms with E-state index in [1.807, 2.05) is 13.3 Å². The summed E-state index contributed by atoms with van der Waals surface area (Å²) in [6.07, 6.45) is 24.6. The molecule has 0 fully saturated rings. The molecule has 0 nitrogen and oxygen atoms in total. The summed E-state index contributed by atoms with van der Waals surface area (Å²) in [7, 11) is 0. The van der Waals surface area contributed by atoms with E-state index in [2.05, 4.69) is 158 Å². The van der Waals surface area contributed by atoms with Crippen LogP contribution in [0.1, 0.15) is 109 Å². The first kappa shape index (κ1) is 44.7. The summed E-state index contributed by atoms with van der Waals surface area (Å²) in [6.45, 7) is 39.3. The van der Waals surface area contributed by atoms with Crippen LogP contribution in [-0.4, -0.2) is 12.0 Å². The van der Waals surface area contributed by atoms with Crippen LogP contribution in [0.15, 0.2) is 84.2 Å². The van der Waals surface area contributed by atoms with Crippen LogP contribution in [0.3, 0.4) is 0 Å². The van der Waals surface area contributed by atoms with Crippen molar-refractivity contribution in [1.82, 2.24) is 0 Å². The van der Waals surface area contributed by atoms with Gasteiger partial charge in [0, 0.05) is 0 Å². The summed E-state index contributed by atoms with van der Waals surface area (Å²) in [5.74, 6) is -1.19. The molecule has 0 radical (unpaired) electrons. The number of rotatable bonds is 6. The maximum absolute atomic E-state index is 2.62. The van der Waals surface area contributed by atoms with E-state index in [1.54, 1.807) is 22.3 Å². The van der Waals surface area contributed by atoms with Crippen molar-refractivity contribution in [2.24, 2.45) is 21.7 Å². The molecule has 0 aromatic rings. The van der Waals surface area contributed by atoms with Gasteiger partial charge in [-0.2, -0.15) is 0 Å². The van der Waals surface area contributed by atoms with Gasteiger partial charge in [-0.25, -0.2) is 0 Å². The molecule has 46 heavy (non-hydrogen) atoms. The Bertz CT molecular complexity index is 1140. The van der Waals surface area contributed by atoms with Gasteiger partial charge in [-0.05, 0) is 0 Å². The first-order chi connectivity index (χ1) is 20.1. The molecule has 6 heteroatoms. The van der Waals surface area contributed by atoms with E-state index in [1.165, 1.54) is 25.7 Å². The van der Waals surface area contributed by atoms with E-state index in [0.29, 0.717) is 21.7 Å². The maximum Gasteiger partial charge on any atom is -1.00 e. The van der Waals surface area contributed by atoms with Crippen molar-refractivity contribution in [1.29, 1.82) is 0 Å². The normalized spacial score (nSPS) is 18.3. The summed E-state index contributed by atoms with van der Waals surface area (Å²) in [6, 6.07) is 0. The molecule has 0 spiro atoms. The summed E-state index contributed by atoms with van der Waals surface area (Å²) < 4.78 is 7.78. The Labute approximate surface area is 315 Å². The molecule has 4 rings (SSSR count). The standard InChI is InChI=1S/4C9H13.2C2H7Si.2ClH.2Hf/c4*1-9(2,3)8-6-4-5-7-8;2*1-3-2;;;;/h4*4,6H,5H2,1-3H3;2*3H,1-2H3;2*1H;;/q;;;;;;;;2*+1/p-2. The zero-order chi connectivity index (χ0) is 33.4. The van der Waals surface area contributed by atoms with E-state index in [-0.39, 0.29) is 24.8 Å². The van der Waals surface area contributed by atoms with Crippen LogP contribution in [0, 0.1) is 21.7 Å². The minimum atomic E-state index is -1.85. The Hall–Kier alpha value is 0.674. The maximum atomic E-state index is 2.62. The zero-order valence-corrected chi connectivity index (χ0v) is 43.4. The fourth-order valence-corrected chi connectivity index (χ4v) is 67.6. The zero-order valence-electron chi connectivity index (χ0n) is 32.4. The second kappa shape index (κ2) is 17.3. The minimum Gasteiger partial charge on any atom is -1.00 e. The number of hydrogen-bond donors (Lipinski definition) is 0. The van der Waals surface area contributed by atoms with Crippen LogP contribution in [0.25, 0.3) is 0 Å². The molecule has 0 aliphatic heterocycles. The molecule has 0 aromatic carbocycles. The number of hydrogen-bond acceptors (Lipinski definition) is 0. The molecule has 0 bridgehead atoms. The van der Waals surface area contributed by atoms with Crippen LogP contribution >= 0.6 is 0 Å². The quantitative estimate of drug-likeness (QED) is 0.278. The number of allylic oxidation sites excluding steroid dienone is 16. The van der Waals surface area contributed by atoms with Crippen LogP contribution in [0.2, 0.25) is 26.2 Å². The molecule has 0 unspecified atom stereocenters. The van der Waals surface area contributed by atoms with E-state index < -0.39 is 53.2 Å². The van der Waals surface area contributed by atoms with Crippen molar-refractivity contribution in [3.63, 3.8) is 0 Å². The SMILES string of the molecule is C[SiH](C)[Hf+]([C]1=C(C(C)(C)C)C=CC1)[C]1=C(C(C)(C)C)C=CC1.C[SiH](C)[Hf+]([C]1=C(C(C)(C)C)C=CC1)[C]1=C(C(C)(C)C)C=CC1.[Cl-].[Cl-]. The average molecular weight is 1030 g/mol. The molecule has 0 heterocycles. The van der Waals surface area contributed by atoms with Gasteiger partial charge in [0.15, 0.2) is 0 Å². The Morgan fingerprint density at radius 1 is 0.391 bits per heavy atom. The van der Waals surface area contributed by atoms with Crippen LogP contribution in [0.5, 0.6) is 0 Å². The Morgan fingerprint density at radius 3 is 0.696 bits per heavy atom. The topological polar surface area (TPSA) is 0 Å². The second-order valence-electron chi connectivity index (χ2n) is 18.1. The summed E-state index contributed by atoms with van der Waals surface area (Å²) in [5.41, 5.74) is 8.05. The molecule has 4 aliphatic rings. The Balaban J connectivity index is 0.000000441. The molecule has 0 N–H and O–H groups in total. The number of halogens is 2. The van der Waals surface area contributed by atoms with Crippen molar-refractivity contribution < 1.29 is 66.0 Å². The van der Waals surface area contributed by atoms with E-state index >= 15 is 0 Å². The largest absolute Gasteiger partial charge is 1.00 e. The molecular formula is C40H66Cl2Hf2Si2. The van der Waals surface area contributed by atoms with Crippen molar-refractivity contribution in [3.8, 4) is 0 Å². The van der Waals surface area contributed by atoms with E-state index in [9.17, 15) is 0 Å². The molecule has 0 atom stereocenters. The van der Waals surface area contributed by atoms with Crippen LogP contribution in [0.4, 0.5) is 0 Å². The average Bonchev–Trinajstić information content (AvgIpc) is 3.64. The van der Waals surface area contributed by atoms with Gasteiger partial charge in [0.1, 0.15) is 0 Å². The summed E-state index contributed by atoms with van der Waals surface area (Å²) in [4.78, 5) is 0. The molecule has 0 saturated heterocycles. The summed E-state index contributed by atoms with van der Waals surface area (Å²) >= 11 is -3.70. The third kappa shape index (κ3) is 10.8. The monoisotopic (exact) mass is 1030 g/mol. The van der Waals surface area contributed by atoms with E-state index in [4.69, 9.17) is 0 Å². The molecule has 256 valence electrons.